The standard InChI is InChI=1S/C11H20N4O4/c1-3-4-9-10(15(17)18)11(14(2)13-9)12-5-7-19-8-6-16/h12,16H,3-8H2,1-2H3. The molecule has 0 amide bonds. The number of anilines is 1. The van der Waals surface area contributed by atoms with Gasteiger partial charge >= 0.3 is 5.69 Å². The van der Waals surface area contributed by atoms with Crippen molar-refractivity contribution in [3.8, 4) is 0 Å². The Morgan fingerprint density at radius 2 is 2.26 bits per heavy atom. The average Bonchev–Trinajstić information content (AvgIpc) is 2.66. The van der Waals surface area contributed by atoms with E-state index < -0.39 is 4.92 Å². The molecule has 19 heavy (non-hydrogen) atoms. The molecule has 0 atom stereocenters. The minimum atomic E-state index is -0.408. The van der Waals surface area contributed by atoms with Crippen molar-refractivity contribution in [1.82, 2.24) is 9.78 Å². The van der Waals surface area contributed by atoms with Crippen LogP contribution in [-0.2, 0) is 18.2 Å². The smallest absolute Gasteiger partial charge is 0.333 e. The zero-order valence-electron chi connectivity index (χ0n) is 11.3. The third kappa shape index (κ3) is 4.18. The lowest BCUT2D eigenvalue weighted by Gasteiger charge is -2.06. The highest BCUT2D eigenvalue weighted by molar-refractivity contribution is 5.59. The molecule has 1 heterocycles. The van der Waals surface area contributed by atoms with E-state index in [0.29, 0.717) is 31.1 Å². The maximum atomic E-state index is 11.1. The summed E-state index contributed by atoms with van der Waals surface area (Å²) in [6.07, 6.45) is 1.38. The molecule has 0 aromatic carbocycles. The van der Waals surface area contributed by atoms with E-state index in [2.05, 4.69) is 10.4 Å². The van der Waals surface area contributed by atoms with Crippen LogP contribution in [-0.4, -0.2) is 46.2 Å². The van der Waals surface area contributed by atoms with Crippen molar-refractivity contribution >= 4 is 11.5 Å². The largest absolute Gasteiger partial charge is 0.394 e. The molecule has 0 saturated heterocycles. The first-order valence-electron chi connectivity index (χ1n) is 6.24. The fourth-order valence-corrected chi connectivity index (χ4v) is 1.77. The van der Waals surface area contributed by atoms with Gasteiger partial charge in [-0.05, 0) is 6.42 Å². The van der Waals surface area contributed by atoms with E-state index in [-0.39, 0.29) is 18.9 Å². The molecular formula is C11H20N4O4. The fraction of sp³-hybridized carbons (Fsp3) is 0.727. The van der Waals surface area contributed by atoms with Crippen LogP contribution in [0, 0.1) is 10.1 Å². The molecule has 8 heteroatoms. The van der Waals surface area contributed by atoms with Gasteiger partial charge in [0.1, 0.15) is 5.69 Å². The first-order valence-corrected chi connectivity index (χ1v) is 6.24. The normalized spacial score (nSPS) is 10.7. The number of aliphatic hydroxyl groups is 1. The lowest BCUT2D eigenvalue weighted by molar-refractivity contribution is -0.384. The number of aryl methyl sites for hydroxylation is 2. The summed E-state index contributed by atoms with van der Waals surface area (Å²) in [6.45, 7) is 2.97. The summed E-state index contributed by atoms with van der Waals surface area (Å²) in [5.74, 6) is 0.390. The lowest BCUT2D eigenvalue weighted by atomic mass is 10.2. The topological polar surface area (TPSA) is 102 Å². The molecule has 8 nitrogen and oxygen atoms in total. The monoisotopic (exact) mass is 272 g/mol. The van der Waals surface area contributed by atoms with E-state index >= 15 is 0 Å². The van der Waals surface area contributed by atoms with Gasteiger partial charge in [-0.15, -0.1) is 0 Å². The summed E-state index contributed by atoms with van der Waals surface area (Å²) in [5, 5.41) is 26.8. The zero-order valence-corrected chi connectivity index (χ0v) is 11.3. The summed E-state index contributed by atoms with van der Waals surface area (Å²) in [5.41, 5.74) is 0.528. The van der Waals surface area contributed by atoms with E-state index in [9.17, 15) is 10.1 Å². The molecule has 1 aromatic heterocycles. The van der Waals surface area contributed by atoms with Crippen molar-refractivity contribution in [3.05, 3.63) is 15.8 Å². The Labute approximate surface area is 111 Å². The predicted molar refractivity (Wildman–Crippen MR) is 70.3 cm³/mol. The summed E-state index contributed by atoms with van der Waals surface area (Å²) >= 11 is 0. The van der Waals surface area contributed by atoms with Gasteiger partial charge in [-0.2, -0.15) is 5.10 Å². The molecule has 2 N–H and O–H groups in total. The third-order valence-electron chi connectivity index (χ3n) is 2.54. The van der Waals surface area contributed by atoms with E-state index in [1.54, 1.807) is 7.05 Å². The van der Waals surface area contributed by atoms with E-state index in [4.69, 9.17) is 9.84 Å². The molecule has 0 aliphatic heterocycles. The van der Waals surface area contributed by atoms with E-state index in [1.807, 2.05) is 6.92 Å². The number of rotatable bonds is 9. The van der Waals surface area contributed by atoms with Crippen LogP contribution in [0.1, 0.15) is 19.0 Å². The van der Waals surface area contributed by atoms with Gasteiger partial charge in [-0.1, -0.05) is 13.3 Å². The number of hydrogen-bond acceptors (Lipinski definition) is 6. The molecular weight excluding hydrogens is 252 g/mol. The molecule has 0 bridgehead atoms. The maximum absolute atomic E-state index is 11.1. The van der Waals surface area contributed by atoms with Crippen molar-refractivity contribution in [2.24, 2.45) is 7.05 Å². The van der Waals surface area contributed by atoms with Crippen LogP contribution in [0.15, 0.2) is 0 Å². The first-order chi connectivity index (χ1) is 9.11. The van der Waals surface area contributed by atoms with Gasteiger partial charge in [-0.3, -0.25) is 10.1 Å². The van der Waals surface area contributed by atoms with E-state index in [1.165, 1.54) is 4.68 Å². The van der Waals surface area contributed by atoms with Crippen molar-refractivity contribution in [2.45, 2.75) is 19.8 Å². The highest BCUT2D eigenvalue weighted by Crippen LogP contribution is 2.28. The molecule has 108 valence electrons. The number of nitrogens with zero attached hydrogens (tertiary/aromatic N) is 3. The van der Waals surface area contributed by atoms with E-state index in [0.717, 1.165) is 6.42 Å². The minimum Gasteiger partial charge on any atom is -0.394 e. The Hall–Kier alpha value is -1.67. The number of aliphatic hydroxyl groups excluding tert-OH is 1. The van der Waals surface area contributed by atoms with Crippen molar-refractivity contribution in [3.63, 3.8) is 0 Å². The molecule has 1 aromatic rings. The number of ether oxygens (including phenoxy) is 1. The van der Waals surface area contributed by atoms with Crippen LogP contribution in [0.2, 0.25) is 0 Å². The van der Waals surface area contributed by atoms with Crippen LogP contribution in [0.3, 0.4) is 0 Å². The van der Waals surface area contributed by atoms with Gasteiger partial charge in [0.15, 0.2) is 0 Å². The van der Waals surface area contributed by atoms with Gasteiger partial charge in [0.2, 0.25) is 5.82 Å². The van der Waals surface area contributed by atoms with Crippen molar-refractivity contribution in [2.75, 3.05) is 31.7 Å². The second-order valence-corrected chi connectivity index (χ2v) is 4.04. The van der Waals surface area contributed by atoms with Crippen LogP contribution in [0.5, 0.6) is 0 Å². The fourth-order valence-electron chi connectivity index (χ4n) is 1.77. The Balaban J connectivity index is 2.72. The third-order valence-corrected chi connectivity index (χ3v) is 2.54. The van der Waals surface area contributed by atoms with Crippen molar-refractivity contribution in [1.29, 1.82) is 0 Å². The zero-order chi connectivity index (χ0) is 14.3. The molecule has 0 saturated carbocycles. The molecule has 0 unspecified atom stereocenters. The average molecular weight is 272 g/mol. The maximum Gasteiger partial charge on any atom is 0.333 e. The summed E-state index contributed by atoms with van der Waals surface area (Å²) in [4.78, 5) is 10.7. The predicted octanol–water partition coefficient (Wildman–Crippen LogP) is 0.702. The van der Waals surface area contributed by atoms with Crippen LogP contribution >= 0.6 is 0 Å². The second kappa shape index (κ2) is 7.70. The van der Waals surface area contributed by atoms with Crippen molar-refractivity contribution < 1.29 is 14.8 Å². The van der Waals surface area contributed by atoms with Gasteiger partial charge in [0, 0.05) is 13.6 Å². The highest BCUT2D eigenvalue weighted by Gasteiger charge is 2.25. The Morgan fingerprint density at radius 1 is 1.53 bits per heavy atom. The Bertz CT molecular complexity index is 419. The molecule has 0 fully saturated rings. The number of nitro groups is 1. The molecule has 0 spiro atoms. The number of aromatic nitrogens is 2. The summed E-state index contributed by atoms with van der Waals surface area (Å²) < 4.78 is 6.57. The molecule has 0 aliphatic carbocycles. The molecule has 1 rings (SSSR count). The SMILES string of the molecule is CCCc1nn(C)c(NCCOCCO)c1[N+](=O)[O-]. The Kier molecular flexibility index (Phi) is 6.23. The van der Waals surface area contributed by atoms with Gasteiger partial charge in [-0.25, -0.2) is 4.68 Å². The summed E-state index contributed by atoms with van der Waals surface area (Å²) in [6, 6.07) is 0. The minimum absolute atomic E-state index is 0.0338. The Morgan fingerprint density at radius 3 is 2.84 bits per heavy atom. The highest BCUT2D eigenvalue weighted by atomic mass is 16.6. The second-order valence-electron chi connectivity index (χ2n) is 4.04. The van der Waals surface area contributed by atoms with Gasteiger partial charge < -0.3 is 15.2 Å². The lowest BCUT2D eigenvalue weighted by Crippen LogP contribution is -2.14. The quantitative estimate of drug-likeness (QED) is 0.390. The number of hydrogen-bond donors (Lipinski definition) is 2. The number of nitrogens with one attached hydrogen (secondary N) is 1. The van der Waals surface area contributed by atoms with Crippen LogP contribution in [0.4, 0.5) is 11.5 Å². The molecule has 0 radical (unpaired) electrons. The van der Waals surface area contributed by atoms with Crippen LogP contribution in [0.25, 0.3) is 0 Å². The van der Waals surface area contributed by atoms with Crippen LogP contribution < -0.4 is 5.32 Å². The summed E-state index contributed by atoms with van der Waals surface area (Å²) in [7, 11) is 1.67. The van der Waals surface area contributed by atoms with Gasteiger partial charge in [0.05, 0.1) is 24.7 Å². The first kappa shape index (κ1) is 15.4. The molecule has 0 aliphatic rings. The van der Waals surface area contributed by atoms with Gasteiger partial charge in [0.25, 0.3) is 0 Å².